The van der Waals surface area contributed by atoms with Gasteiger partial charge in [0.25, 0.3) is 0 Å². The molecule has 0 aliphatic carbocycles. The molecule has 1 heterocycles. The second-order valence-electron chi connectivity index (χ2n) is 4.75. The molecule has 3 rings (SSSR count). The first-order valence-electron chi connectivity index (χ1n) is 6.64. The Kier molecular flexibility index (Phi) is 4.49. The normalized spacial score (nSPS) is 14.9. The van der Waals surface area contributed by atoms with Gasteiger partial charge in [0, 0.05) is 5.75 Å². The summed E-state index contributed by atoms with van der Waals surface area (Å²) in [6, 6.07) is 13.7. The molecule has 0 spiro atoms. The van der Waals surface area contributed by atoms with Gasteiger partial charge in [-0.1, -0.05) is 53.9 Å². The maximum atomic E-state index is 13.0. The van der Waals surface area contributed by atoms with Crippen LogP contribution in [0.3, 0.4) is 0 Å². The lowest BCUT2D eigenvalue weighted by molar-refractivity contribution is -0.117. The summed E-state index contributed by atoms with van der Waals surface area (Å²) < 4.78 is 13.8. The van der Waals surface area contributed by atoms with Crippen LogP contribution in [0.2, 0.25) is 0 Å². The van der Waals surface area contributed by atoms with Crippen molar-refractivity contribution < 1.29 is 9.18 Å². The van der Waals surface area contributed by atoms with Gasteiger partial charge in [-0.25, -0.2) is 9.38 Å². The highest BCUT2D eigenvalue weighted by atomic mass is 32.2. The van der Waals surface area contributed by atoms with Crippen molar-refractivity contribution in [2.75, 3.05) is 0 Å². The third kappa shape index (κ3) is 3.34. The molecule has 0 radical (unpaired) electrons. The van der Waals surface area contributed by atoms with Gasteiger partial charge in [0.2, 0.25) is 5.91 Å². The number of aliphatic imine (C=N–C) groups is 1. The minimum absolute atomic E-state index is 0.338. The average Bonchev–Trinajstić information content (AvgIpc) is 2.53. The van der Waals surface area contributed by atoms with Crippen molar-refractivity contribution in [3.8, 4) is 0 Å². The number of halogens is 1. The number of primary amides is 1. The van der Waals surface area contributed by atoms with E-state index in [1.165, 1.54) is 29.5 Å². The zero-order valence-corrected chi connectivity index (χ0v) is 13.2. The van der Waals surface area contributed by atoms with Crippen molar-refractivity contribution >= 4 is 39.5 Å². The number of hydrogen-bond donors (Lipinski definition) is 1. The fourth-order valence-corrected chi connectivity index (χ4v) is 4.29. The number of para-hydroxylation sites is 1. The van der Waals surface area contributed by atoms with Crippen LogP contribution < -0.4 is 5.73 Å². The molecule has 1 aliphatic rings. The van der Waals surface area contributed by atoms with E-state index in [4.69, 9.17) is 5.73 Å². The largest absolute Gasteiger partial charge is 0.368 e. The van der Waals surface area contributed by atoms with Gasteiger partial charge in [-0.15, -0.1) is 0 Å². The van der Waals surface area contributed by atoms with Crippen LogP contribution in [0.1, 0.15) is 16.4 Å². The Labute approximate surface area is 136 Å². The Balaban J connectivity index is 1.85. The molecule has 0 aromatic heterocycles. The number of carbonyl (C=O) groups excluding carboxylic acids is 1. The van der Waals surface area contributed by atoms with Crippen molar-refractivity contribution in [3.63, 3.8) is 0 Å². The fourth-order valence-electron chi connectivity index (χ4n) is 2.10. The molecule has 3 nitrogen and oxygen atoms in total. The standard InChI is InChI=1S/C16H13FN2OS2/c17-12-7-5-10(6-8-12)14(15(18)20)22-16-19-13-4-2-1-3-11(13)9-21-16/h1-8,14H,9H2,(H2,18,20). The number of thioether (sulfide) groups is 2. The number of amides is 1. The lowest BCUT2D eigenvalue weighted by Crippen LogP contribution is -2.20. The van der Waals surface area contributed by atoms with E-state index in [2.05, 4.69) is 4.99 Å². The zero-order valence-electron chi connectivity index (χ0n) is 11.5. The molecule has 2 aromatic rings. The first kappa shape index (κ1) is 15.1. The topological polar surface area (TPSA) is 55.5 Å². The first-order valence-corrected chi connectivity index (χ1v) is 8.51. The number of fused-ring (bicyclic) bond motifs is 1. The Morgan fingerprint density at radius 1 is 1.23 bits per heavy atom. The summed E-state index contributed by atoms with van der Waals surface area (Å²) in [7, 11) is 0. The highest BCUT2D eigenvalue weighted by Gasteiger charge is 2.23. The Morgan fingerprint density at radius 2 is 1.95 bits per heavy atom. The third-order valence-corrected chi connectivity index (χ3v) is 5.67. The van der Waals surface area contributed by atoms with Gasteiger partial charge < -0.3 is 5.73 Å². The molecular weight excluding hydrogens is 319 g/mol. The molecule has 22 heavy (non-hydrogen) atoms. The van der Waals surface area contributed by atoms with Crippen LogP contribution in [0.15, 0.2) is 53.5 Å². The smallest absolute Gasteiger partial charge is 0.235 e. The van der Waals surface area contributed by atoms with E-state index in [1.807, 2.05) is 24.3 Å². The summed E-state index contributed by atoms with van der Waals surface area (Å²) in [5.41, 5.74) is 8.28. The molecule has 0 fully saturated rings. The van der Waals surface area contributed by atoms with Gasteiger partial charge in [0.1, 0.15) is 15.4 Å². The van der Waals surface area contributed by atoms with Crippen LogP contribution >= 0.6 is 23.5 Å². The second-order valence-corrected chi connectivity index (χ2v) is 7.06. The van der Waals surface area contributed by atoms with E-state index in [9.17, 15) is 9.18 Å². The van der Waals surface area contributed by atoms with E-state index < -0.39 is 11.2 Å². The molecule has 2 aromatic carbocycles. The Bertz CT molecular complexity index is 731. The summed E-state index contributed by atoms with van der Waals surface area (Å²) in [6.07, 6.45) is 0. The van der Waals surface area contributed by atoms with Gasteiger partial charge in [0.15, 0.2) is 0 Å². The molecule has 1 unspecified atom stereocenters. The van der Waals surface area contributed by atoms with Gasteiger partial charge in [-0.2, -0.15) is 0 Å². The number of carbonyl (C=O) groups is 1. The number of nitrogens with two attached hydrogens (primary N) is 1. The van der Waals surface area contributed by atoms with Gasteiger partial charge >= 0.3 is 0 Å². The molecule has 6 heteroatoms. The minimum atomic E-state index is -0.572. The van der Waals surface area contributed by atoms with Crippen LogP contribution in [0.25, 0.3) is 0 Å². The number of hydrogen-bond acceptors (Lipinski definition) is 4. The molecule has 0 saturated carbocycles. The SMILES string of the molecule is NC(=O)C(SC1=Nc2ccccc2CS1)c1ccc(F)cc1. The van der Waals surface area contributed by atoms with Gasteiger partial charge in [-0.05, 0) is 29.3 Å². The van der Waals surface area contributed by atoms with Crippen LogP contribution in [0.4, 0.5) is 10.1 Å². The summed E-state index contributed by atoms with van der Waals surface area (Å²) in [5.74, 6) is 0.0192. The first-order chi connectivity index (χ1) is 10.6. The molecule has 1 amide bonds. The molecule has 1 atom stereocenters. The monoisotopic (exact) mass is 332 g/mol. The minimum Gasteiger partial charge on any atom is -0.368 e. The number of rotatable bonds is 3. The van der Waals surface area contributed by atoms with Crippen molar-refractivity contribution in [1.29, 1.82) is 0 Å². The highest BCUT2D eigenvalue weighted by molar-refractivity contribution is 8.38. The van der Waals surface area contributed by atoms with E-state index in [0.717, 1.165) is 15.8 Å². The average molecular weight is 332 g/mol. The van der Waals surface area contributed by atoms with Crippen LogP contribution in [0.5, 0.6) is 0 Å². The molecule has 112 valence electrons. The molecule has 2 N–H and O–H groups in total. The number of nitrogens with zero attached hydrogens (tertiary/aromatic N) is 1. The van der Waals surface area contributed by atoms with Crippen LogP contribution in [-0.2, 0) is 10.5 Å². The van der Waals surface area contributed by atoms with Crippen molar-refractivity contribution in [2.24, 2.45) is 10.7 Å². The van der Waals surface area contributed by atoms with E-state index in [-0.39, 0.29) is 5.82 Å². The zero-order chi connectivity index (χ0) is 15.5. The second kappa shape index (κ2) is 6.54. The maximum Gasteiger partial charge on any atom is 0.235 e. The van der Waals surface area contributed by atoms with Gasteiger partial charge in [-0.3, -0.25) is 4.79 Å². The fraction of sp³-hybridized carbons (Fsp3) is 0.125. The summed E-state index contributed by atoms with van der Waals surface area (Å²) in [6.45, 7) is 0. The molecule has 0 saturated heterocycles. The van der Waals surface area contributed by atoms with Gasteiger partial charge in [0.05, 0.1) is 5.69 Å². The van der Waals surface area contributed by atoms with Crippen LogP contribution in [-0.4, -0.2) is 10.3 Å². The lowest BCUT2D eigenvalue weighted by Gasteiger charge is -2.18. The predicted molar refractivity (Wildman–Crippen MR) is 90.8 cm³/mol. The van der Waals surface area contributed by atoms with Crippen molar-refractivity contribution in [1.82, 2.24) is 0 Å². The summed E-state index contributed by atoms with van der Waals surface area (Å²) in [5, 5.41) is -0.572. The van der Waals surface area contributed by atoms with E-state index in [1.54, 1.807) is 23.9 Å². The highest BCUT2D eigenvalue weighted by Crippen LogP contribution is 2.40. The number of benzene rings is 2. The molecule has 0 bridgehead atoms. The van der Waals surface area contributed by atoms with E-state index in [0.29, 0.717) is 5.56 Å². The third-order valence-electron chi connectivity index (χ3n) is 3.20. The summed E-state index contributed by atoms with van der Waals surface area (Å²) in [4.78, 5) is 16.3. The van der Waals surface area contributed by atoms with E-state index >= 15 is 0 Å². The Hall–Kier alpha value is -1.79. The lowest BCUT2D eigenvalue weighted by atomic mass is 10.1. The van der Waals surface area contributed by atoms with Crippen LogP contribution in [0, 0.1) is 5.82 Å². The quantitative estimate of drug-likeness (QED) is 0.923. The predicted octanol–water partition coefficient (Wildman–Crippen LogP) is 4.02. The molecule has 1 aliphatic heterocycles. The molecular formula is C16H13FN2OS2. The van der Waals surface area contributed by atoms with Crippen molar-refractivity contribution in [3.05, 3.63) is 65.5 Å². The Morgan fingerprint density at radius 3 is 2.68 bits per heavy atom. The maximum absolute atomic E-state index is 13.0. The summed E-state index contributed by atoms with van der Waals surface area (Å²) >= 11 is 2.89. The van der Waals surface area contributed by atoms with Crippen molar-refractivity contribution in [2.45, 2.75) is 11.0 Å².